The molecule has 0 amide bonds. The summed E-state index contributed by atoms with van der Waals surface area (Å²) >= 11 is 6.15. The number of carbonyl (C=O) groups is 1. The third kappa shape index (κ3) is 2.36. The van der Waals surface area contributed by atoms with Crippen LogP contribution in [0.25, 0.3) is 5.69 Å². The quantitative estimate of drug-likeness (QED) is 0.936. The highest BCUT2D eigenvalue weighted by Crippen LogP contribution is 2.25. The number of nitrogens with zero attached hydrogens (tertiary/aromatic N) is 2. The number of benzene rings is 1. The predicted molar refractivity (Wildman–Crippen MR) is 74.4 cm³/mol. The van der Waals surface area contributed by atoms with Gasteiger partial charge in [0.25, 0.3) is 0 Å². The van der Waals surface area contributed by atoms with Crippen molar-refractivity contribution in [1.82, 2.24) is 9.78 Å². The second-order valence-corrected chi connectivity index (χ2v) is 4.81. The summed E-state index contributed by atoms with van der Waals surface area (Å²) in [6.45, 7) is 5.87. The Kier molecular flexibility index (Phi) is 3.62. The van der Waals surface area contributed by atoms with Crippen molar-refractivity contribution in [2.24, 2.45) is 0 Å². The lowest BCUT2D eigenvalue weighted by Crippen LogP contribution is -2.00. The van der Waals surface area contributed by atoms with Crippen LogP contribution in [0.4, 0.5) is 0 Å². The lowest BCUT2D eigenvalue weighted by atomic mass is 10.1. The summed E-state index contributed by atoms with van der Waals surface area (Å²) in [5.74, 6) is -1.04. The molecule has 19 heavy (non-hydrogen) atoms. The van der Waals surface area contributed by atoms with Crippen LogP contribution < -0.4 is 0 Å². The van der Waals surface area contributed by atoms with Gasteiger partial charge in [-0.25, -0.2) is 9.48 Å². The van der Waals surface area contributed by atoms with Crippen molar-refractivity contribution in [3.8, 4) is 5.69 Å². The minimum atomic E-state index is -1.04. The van der Waals surface area contributed by atoms with Crippen LogP contribution in [0.15, 0.2) is 18.2 Å². The molecule has 0 aliphatic rings. The summed E-state index contributed by atoms with van der Waals surface area (Å²) in [5, 5.41) is 13.6. The zero-order chi connectivity index (χ0) is 14.2. The monoisotopic (exact) mass is 278 g/mol. The van der Waals surface area contributed by atoms with Crippen molar-refractivity contribution in [2.45, 2.75) is 27.2 Å². The van der Waals surface area contributed by atoms with Crippen LogP contribution in [-0.2, 0) is 6.42 Å². The third-order valence-electron chi connectivity index (χ3n) is 3.19. The lowest BCUT2D eigenvalue weighted by molar-refractivity contribution is 0.0696. The maximum absolute atomic E-state index is 11.2. The van der Waals surface area contributed by atoms with Gasteiger partial charge in [0.2, 0.25) is 0 Å². The van der Waals surface area contributed by atoms with E-state index < -0.39 is 5.97 Å². The van der Waals surface area contributed by atoms with Crippen LogP contribution in [0, 0.1) is 13.8 Å². The zero-order valence-electron chi connectivity index (χ0n) is 11.1. The molecular weight excluding hydrogens is 264 g/mol. The van der Waals surface area contributed by atoms with Gasteiger partial charge in [0.1, 0.15) is 10.7 Å². The van der Waals surface area contributed by atoms with E-state index in [0.717, 1.165) is 11.3 Å². The molecule has 2 aromatic rings. The highest BCUT2D eigenvalue weighted by atomic mass is 35.5. The fourth-order valence-corrected chi connectivity index (χ4v) is 2.25. The minimum absolute atomic E-state index is 0.0856. The molecule has 4 nitrogen and oxygen atoms in total. The Balaban J connectivity index is 2.62. The Morgan fingerprint density at radius 1 is 1.37 bits per heavy atom. The van der Waals surface area contributed by atoms with Gasteiger partial charge in [-0.1, -0.05) is 24.6 Å². The third-order valence-corrected chi connectivity index (χ3v) is 3.53. The first-order valence-electron chi connectivity index (χ1n) is 6.04. The molecule has 0 aliphatic carbocycles. The van der Waals surface area contributed by atoms with E-state index in [4.69, 9.17) is 11.6 Å². The van der Waals surface area contributed by atoms with Crippen molar-refractivity contribution in [1.29, 1.82) is 0 Å². The maximum Gasteiger partial charge on any atom is 0.340 e. The standard InChI is InChI=1S/C14H15ClN2O2/c1-4-11-12(14(18)19)13(15)17(16-11)10-6-5-8(2)9(3)7-10/h5-7H,4H2,1-3H3,(H,18,19). The van der Waals surface area contributed by atoms with Crippen LogP contribution in [0.2, 0.25) is 5.15 Å². The van der Waals surface area contributed by atoms with Crippen molar-refractivity contribution < 1.29 is 9.90 Å². The summed E-state index contributed by atoms with van der Waals surface area (Å²) in [5.41, 5.74) is 3.63. The Morgan fingerprint density at radius 2 is 2.05 bits per heavy atom. The van der Waals surface area contributed by atoms with Gasteiger partial charge in [-0.2, -0.15) is 5.10 Å². The van der Waals surface area contributed by atoms with E-state index in [0.29, 0.717) is 12.1 Å². The van der Waals surface area contributed by atoms with Crippen LogP contribution in [0.3, 0.4) is 0 Å². The van der Waals surface area contributed by atoms with E-state index >= 15 is 0 Å². The molecule has 0 aliphatic heterocycles. The van der Waals surface area contributed by atoms with E-state index in [1.165, 1.54) is 10.2 Å². The minimum Gasteiger partial charge on any atom is -0.478 e. The number of aromatic nitrogens is 2. The summed E-state index contributed by atoms with van der Waals surface area (Å²) in [6, 6.07) is 5.79. The van der Waals surface area contributed by atoms with E-state index in [1.54, 1.807) is 0 Å². The van der Waals surface area contributed by atoms with E-state index in [-0.39, 0.29) is 10.7 Å². The van der Waals surface area contributed by atoms with Crippen LogP contribution >= 0.6 is 11.6 Å². The summed E-state index contributed by atoms with van der Waals surface area (Å²) < 4.78 is 1.48. The average molecular weight is 279 g/mol. The number of aryl methyl sites for hydroxylation is 3. The molecule has 1 aromatic carbocycles. The largest absolute Gasteiger partial charge is 0.478 e. The van der Waals surface area contributed by atoms with Gasteiger partial charge in [-0.05, 0) is 43.5 Å². The number of hydrogen-bond acceptors (Lipinski definition) is 2. The van der Waals surface area contributed by atoms with Gasteiger partial charge in [0, 0.05) is 0 Å². The van der Waals surface area contributed by atoms with Crippen molar-refractivity contribution in [2.75, 3.05) is 0 Å². The molecule has 0 saturated heterocycles. The summed E-state index contributed by atoms with van der Waals surface area (Å²) in [4.78, 5) is 11.2. The fourth-order valence-electron chi connectivity index (χ4n) is 1.93. The van der Waals surface area contributed by atoms with Crippen LogP contribution in [0.1, 0.15) is 34.1 Å². The van der Waals surface area contributed by atoms with Gasteiger partial charge in [0.05, 0.1) is 11.4 Å². The molecule has 2 rings (SSSR count). The number of rotatable bonds is 3. The number of halogens is 1. The predicted octanol–water partition coefficient (Wildman–Crippen LogP) is 3.40. The SMILES string of the molecule is CCc1nn(-c2ccc(C)c(C)c2)c(Cl)c1C(=O)O. The van der Waals surface area contributed by atoms with Crippen molar-refractivity contribution >= 4 is 17.6 Å². The Morgan fingerprint density at radius 3 is 2.53 bits per heavy atom. The summed E-state index contributed by atoms with van der Waals surface area (Å²) in [7, 11) is 0. The fraction of sp³-hybridized carbons (Fsp3) is 0.286. The Bertz CT molecular complexity index is 647. The van der Waals surface area contributed by atoms with E-state index in [2.05, 4.69) is 5.10 Å². The van der Waals surface area contributed by atoms with Crippen LogP contribution in [0.5, 0.6) is 0 Å². The highest BCUT2D eigenvalue weighted by Gasteiger charge is 2.21. The maximum atomic E-state index is 11.2. The smallest absolute Gasteiger partial charge is 0.340 e. The van der Waals surface area contributed by atoms with Gasteiger partial charge in [-0.3, -0.25) is 0 Å². The first kappa shape index (κ1) is 13.6. The van der Waals surface area contributed by atoms with Gasteiger partial charge >= 0.3 is 5.97 Å². The topological polar surface area (TPSA) is 55.1 Å². The summed E-state index contributed by atoms with van der Waals surface area (Å²) in [6.07, 6.45) is 0.527. The second kappa shape index (κ2) is 5.05. The zero-order valence-corrected chi connectivity index (χ0v) is 11.8. The second-order valence-electron chi connectivity index (χ2n) is 4.45. The molecular formula is C14H15ClN2O2. The lowest BCUT2D eigenvalue weighted by Gasteiger charge is -2.06. The molecule has 0 radical (unpaired) electrons. The molecule has 100 valence electrons. The molecule has 0 spiro atoms. The molecule has 0 saturated carbocycles. The molecule has 1 N–H and O–H groups in total. The molecule has 1 aromatic heterocycles. The molecule has 0 bridgehead atoms. The highest BCUT2D eigenvalue weighted by molar-refractivity contribution is 6.32. The van der Waals surface area contributed by atoms with E-state index in [9.17, 15) is 9.90 Å². The molecule has 5 heteroatoms. The molecule has 0 atom stereocenters. The van der Waals surface area contributed by atoms with Gasteiger partial charge in [0.15, 0.2) is 0 Å². The molecule has 0 fully saturated rings. The molecule has 1 heterocycles. The van der Waals surface area contributed by atoms with E-state index in [1.807, 2.05) is 39.0 Å². The number of carboxylic acid groups (broad SMARTS) is 1. The van der Waals surface area contributed by atoms with Crippen LogP contribution in [-0.4, -0.2) is 20.9 Å². The number of carboxylic acids is 1. The molecule has 0 unspecified atom stereocenters. The first-order valence-corrected chi connectivity index (χ1v) is 6.41. The Labute approximate surface area is 116 Å². The normalized spacial score (nSPS) is 10.7. The van der Waals surface area contributed by atoms with Crippen molar-refractivity contribution in [3.05, 3.63) is 45.7 Å². The first-order chi connectivity index (χ1) is 8.95. The average Bonchev–Trinajstić information content (AvgIpc) is 2.70. The number of hydrogen-bond donors (Lipinski definition) is 1. The number of aromatic carboxylic acids is 1. The van der Waals surface area contributed by atoms with Gasteiger partial charge < -0.3 is 5.11 Å². The van der Waals surface area contributed by atoms with Gasteiger partial charge in [-0.15, -0.1) is 0 Å². The van der Waals surface area contributed by atoms with Crippen molar-refractivity contribution in [3.63, 3.8) is 0 Å². The Hall–Kier alpha value is -1.81.